The van der Waals surface area contributed by atoms with Gasteiger partial charge in [-0.05, 0) is 79.5 Å². The Balaban J connectivity index is 1.69. The van der Waals surface area contributed by atoms with Gasteiger partial charge in [-0.15, -0.1) is 0 Å². The number of halogens is 1. The highest BCUT2D eigenvalue weighted by molar-refractivity contribution is 7.89. The fourth-order valence-corrected chi connectivity index (χ4v) is 6.29. The third-order valence-corrected chi connectivity index (χ3v) is 8.33. The predicted molar refractivity (Wildman–Crippen MR) is 109 cm³/mol. The van der Waals surface area contributed by atoms with Crippen molar-refractivity contribution in [3.8, 4) is 0 Å². The minimum Gasteiger partial charge on any atom is -0.481 e. The van der Waals surface area contributed by atoms with E-state index < -0.39 is 21.8 Å². The summed E-state index contributed by atoms with van der Waals surface area (Å²) in [6.07, 6.45) is 8.31. The maximum Gasteiger partial charge on any atom is 0.303 e. The maximum absolute atomic E-state index is 13.2. The van der Waals surface area contributed by atoms with Crippen LogP contribution in [-0.2, 0) is 14.8 Å². The van der Waals surface area contributed by atoms with Gasteiger partial charge in [-0.1, -0.05) is 26.0 Å². The summed E-state index contributed by atoms with van der Waals surface area (Å²) in [6, 6.07) is 4.76. The molecule has 160 valence electrons. The molecule has 0 amide bonds. The molecule has 0 radical (unpaired) electrons. The second-order valence-corrected chi connectivity index (χ2v) is 10.7. The van der Waals surface area contributed by atoms with Gasteiger partial charge in [0, 0.05) is 12.5 Å². The first-order valence-corrected chi connectivity index (χ1v) is 11.7. The van der Waals surface area contributed by atoms with Crippen LogP contribution in [0.3, 0.4) is 0 Å². The highest BCUT2D eigenvalue weighted by Crippen LogP contribution is 2.61. The topological polar surface area (TPSA) is 83.5 Å². The van der Waals surface area contributed by atoms with E-state index in [1.807, 2.05) is 6.08 Å². The number of hydrogen-bond acceptors (Lipinski definition) is 3. The Labute approximate surface area is 172 Å². The summed E-state index contributed by atoms with van der Waals surface area (Å²) in [7, 11) is -3.72. The lowest BCUT2D eigenvalue weighted by Crippen LogP contribution is -2.63. The van der Waals surface area contributed by atoms with E-state index in [0.29, 0.717) is 18.8 Å². The number of rotatable bonds is 9. The molecule has 1 aromatic rings. The fourth-order valence-electron chi connectivity index (χ4n) is 4.95. The molecule has 4 unspecified atom stereocenters. The van der Waals surface area contributed by atoms with E-state index in [2.05, 4.69) is 24.6 Å². The minimum absolute atomic E-state index is 0.0844. The van der Waals surface area contributed by atoms with Gasteiger partial charge < -0.3 is 5.11 Å². The van der Waals surface area contributed by atoms with Crippen LogP contribution in [0, 0.1) is 29.0 Å². The molecule has 3 saturated carbocycles. The van der Waals surface area contributed by atoms with Gasteiger partial charge in [0.25, 0.3) is 0 Å². The van der Waals surface area contributed by atoms with Crippen LogP contribution in [0.2, 0.25) is 0 Å². The molecule has 7 heteroatoms. The van der Waals surface area contributed by atoms with Gasteiger partial charge in [0.05, 0.1) is 4.90 Å². The van der Waals surface area contributed by atoms with Crippen molar-refractivity contribution in [2.45, 2.75) is 63.3 Å². The van der Waals surface area contributed by atoms with Crippen molar-refractivity contribution in [2.75, 3.05) is 0 Å². The molecule has 4 atom stereocenters. The van der Waals surface area contributed by atoms with Crippen molar-refractivity contribution in [2.24, 2.45) is 23.2 Å². The molecule has 29 heavy (non-hydrogen) atoms. The minimum atomic E-state index is -3.72. The third-order valence-electron chi connectivity index (χ3n) is 6.86. The van der Waals surface area contributed by atoms with E-state index in [9.17, 15) is 17.6 Å². The van der Waals surface area contributed by atoms with Crippen molar-refractivity contribution >= 4 is 16.0 Å². The van der Waals surface area contributed by atoms with Gasteiger partial charge >= 0.3 is 5.97 Å². The molecular formula is C22H30FNO4S. The first-order chi connectivity index (χ1) is 13.6. The van der Waals surface area contributed by atoms with Gasteiger partial charge in [-0.2, -0.15) is 0 Å². The Morgan fingerprint density at radius 1 is 1.24 bits per heavy atom. The van der Waals surface area contributed by atoms with Crippen LogP contribution in [0.15, 0.2) is 41.3 Å². The molecule has 4 rings (SSSR count). The summed E-state index contributed by atoms with van der Waals surface area (Å²) in [5.74, 6) is -0.164. The zero-order chi connectivity index (χ0) is 21.2. The third kappa shape index (κ3) is 4.89. The lowest BCUT2D eigenvalue weighted by molar-refractivity contribution is -0.137. The second-order valence-electron chi connectivity index (χ2n) is 8.95. The standard InChI is InChI=1S/C22H30FNO4S/c1-22(2)16-13-15(7-5-3-4-6-8-20(25)26)21(19(22)14-16)24-29(27,28)18-11-9-17(23)10-12-18/h3,5,9-12,15-16,19,21,24H,4,6-8,13-14H2,1-2H3,(H,25,26). The molecule has 3 aliphatic rings. The predicted octanol–water partition coefficient (Wildman–Crippen LogP) is 4.36. The molecule has 3 fully saturated rings. The number of nitrogens with one attached hydrogen (secondary N) is 1. The van der Waals surface area contributed by atoms with Crippen LogP contribution in [-0.4, -0.2) is 25.5 Å². The summed E-state index contributed by atoms with van der Waals surface area (Å²) in [4.78, 5) is 10.7. The van der Waals surface area contributed by atoms with Crippen LogP contribution in [0.4, 0.5) is 4.39 Å². The van der Waals surface area contributed by atoms with E-state index in [1.165, 1.54) is 12.1 Å². The van der Waals surface area contributed by atoms with E-state index in [1.54, 1.807) is 0 Å². The Bertz CT molecular complexity index is 863. The number of allylic oxidation sites excluding steroid dienone is 2. The van der Waals surface area contributed by atoms with Gasteiger partial charge in [-0.3, -0.25) is 4.79 Å². The van der Waals surface area contributed by atoms with Gasteiger partial charge in [0.1, 0.15) is 5.82 Å². The number of unbranched alkanes of at least 4 members (excludes halogenated alkanes) is 1. The molecule has 0 aromatic heterocycles. The smallest absolute Gasteiger partial charge is 0.303 e. The number of fused-ring (bicyclic) bond motifs is 2. The molecule has 1 aromatic carbocycles. The number of carbonyl (C=O) groups is 1. The maximum atomic E-state index is 13.2. The average Bonchev–Trinajstić information content (AvgIpc) is 2.65. The Hall–Kier alpha value is -1.73. The zero-order valence-corrected chi connectivity index (χ0v) is 17.8. The van der Waals surface area contributed by atoms with E-state index in [4.69, 9.17) is 5.11 Å². The Morgan fingerprint density at radius 2 is 1.93 bits per heavy atom. The molecule has 0 heterocycles. The van der Waals surface area contributed by atoms with Crippen LogP contribution in [0.1, 0.15) is 52.4 Å². The number of benzene rings is 1. The quantitative estimate of drug-likeness (QED) is 0.457. The Morgan fingerprint density at radius 3 is 2.55 bits per heavy atom. The van der Waals surface area contributed by atoms with Gasteiger partial charge in [0.15, 0.2) is 0 Å². The van der Waals surface area contributed by atoms with Gasteiger partial charge in [-0.25, -0.2) is 17.5 Å². The van der Waals surface area contributed by atoms with Crippen LogP contribution >= 0.6 is 0 Å². The monoisotopic (exact) mass is 423 g/mol. The van der Waals surface area contributed by atoms with Crippen LogP contribution in [0.5, 0.6) is 0 Å². The van der Waals surface area contributed by atoms with E-state index >= 15 is 0 Å². The van der Waals surface area contributed by atoms with Crippen molar-refractivity contribution in [3.05, 3.63) is 42.2 Å². The highest BCUT2D eigenvalue weighted by Gasteiger charge is 2.58. The number of sulfonamides is 1. The van der Waals surface area contributed by atoms with Crippen molar-refractivity contribution in [3.63, 3.8) is 0 Å². The first-order valence-electron chi connectivity index (χ1n) is 10.3. The molecule has 0 spiro atoms. The number of carboxylic acid groups (broad SMARTS) is 1. The van der Waals surface area contributed by atoms with Crippen LogP contribution in [0.25, 0.3) is 0 Å². The fraction of sp³-hybridized carbons (Fsp3) is 0.591. The average molecular weight is 424 g/mol. The second kappa shape index (κ2) is 8.56. The van der Waals surface area contributed by atoms with E-state index in [-0.39, 0.29) is 34.6 Å². The first kappa shape index (κ1) is 22.0. The number of aliphatic carboxylic acids is 1. The lowest BCUT2D eigenvalue weighted by atomic mass is 9.45. The lowest BCUT2D eigenvalue weighted by Gasteiger charge is -2.62. The summed E-state index contributed by atoms with van der Waals surface area (Å²) >= 11 is 0. The number of carboxylic acids is 1. The van der Waals surface area contributed by atoms with Gasteiger partial charge in [0.2, 0.25) is 10.0 Å². The molecule has 2 N–H and O–H groups in total. The van der Waals surface area contributed by atoms with Crippen molar-refractivity contribution < 1.29 is 22.7 Å². The Kier molecular flexibility index (Phi) is 6.48. The summed E-state index contributed by atoms with van der Waals surface area (Å²) in [6.45, 7) is 4.42. The molecule has 5 nitrogen and oxygen atoms in total. The van der Waals surface area contributed by atoms with E-state index in [0.717, 1.165) is 31.4 Å². The zero-order valence-electron chi connectivity index (χ0n) is 17.0. The molecule has 0 aliphatic heterocycles. The summed E-state index contributed by atoms with van der Waals surface area (Å²) in [5.41, 5.74) is 0.109. The molecule has 2 bridgehead atoms. The van der Waals surface area contributed by atoms with Crippen LogP contribution < -0.4 is 4.72 Å². The molecule has 3 aliphatic carbocycles. The normalized spacial score (nSPS) is 28.2. The van der Waals surface area contributed by atoms with Crippen molar-refractivity contribution in [1.82, 2.24) is 4.72 Å². The molecular weight excluding hydrogens is 393 g/mol. The van der Waals surface area contributed by atoms with Crippen molar-refractivity contribution in [1.29, 1.82) is 0 Å². The SMILES string of the molecule is CC1(C)C2CC(CC=CCCCC(=O)O)C(NS(=O)(=O)c3ccc(F)cc3)C1C2. The number of hydrogen-bond donors (Lipinski definition) is 2. The largest absolute Gasteiger partial charge is 0.481 e. The molecule has 0 saturated heterocycles. The summed E-state index contributed by atoms with van der Waals surface area (Å²) < 4.78 is 41.9. The summed E-state index contributed by atoms with van der Waals surface area (Å²) in [5, 5.41) is 8.70. The highest BCUT2D eigenvalue weighted by atomic mass is 32.2.